The van der Waals surface area contributed by atoms with Crippen molar-refractivity contribution in [2.24, 2.45) is 0 Å². The first kappa shape index (κ1) is 11.4. The molecule has 0 aliphatic rings. The first-order valence-corrected chi connectivity index (χ1v) is 3.94. The quantitative estimate of drug-likeness (QED) is 0.695. The van der Waals surface area contributed by atoms with Crippen LogP contribution in [0.25, 0.3) is 0 Å². The Labute approximate surface area is 82.0 Å². The molecule has 0 atom stereocenters. The van der Waals surface area contributed by atoms with Crippen molar-refractivity contribution < 1.29 is 22.7 Å². The zero-order valence-electron chi connectivity index (χ0n) is 7.65. The summed E-state index contributed by atoms with van der Waals surface area (Å²) in [6, 6.07) is 0. The van der Waals surface area contributed by atoms with Gasteiger partial charge in [0, 0.05) is 0 Å². The minimum Gasteiger partial charge on any atom is -0.460 e. The molecular formula is C6H7F3N4O2. The van der Waals surface area contributed by atoms with Crippen LogP contribution in [0.3, 0.4) is 0 Å². The summed E-state index contributed by atoms with van der Waals surface area (Å²) in [5, 5.41) is 9.16. The monoisotopic (exact) mass is 224 g/mol. The fourth-order valence-electron chi connectivity index (χ4n) is 0.823. The molecule has 1 heterocycles. The molecule has 1 rings (SSSR count). The van der Waals surface area contributed by atoms with Crippen LogP contribution in [-0.4, -0.2) is 39.0 Å². The fourth-order valence-corrected chi connectivity index (χ4v) is 0.823. The van der Waals surface area contributed by atoms with Gasteiger partial charge >= 0.3 is 12.1 Å². The highest BCUT2D eigenvalue weighted by Crippen LogP contribution is 2.17. The fraction of sp³-hybridized carbons (Fsp3) is 0.667. The minimum absolute atomic E-state index is 0.0394. The SMILES string of the molecule is CCOC(=O)c1nnnn1CC(F)(F)F. The van der Waals surface area contributed by atoms with Gasteiger partial charge in [-0.1, -0.05) is 0 Å². The van der Waals surface area contributed by atoms with E-state index in [-0.39, 0.29) is 6.61 Å². The van der Waals surface area contributed by atoms with E-state index in [1.165, 1.54) is 6.92 Å². The van der Waals surface area contributed by atoms with Gasteiger partial charge in [0.1, 0.15) is 6.54 Å². The summed E-state index contributed by atoms with van der Waals surface area (Å²) >= 11 is 0. The Bertz CT molecular complexity index is 348. The van der Waals surface area contributed by atoms with Crippen LogP contribution in [0, 0.1) is 0 Å². The van der Waals surface area contributed by atoms with Gasteiger partial charge in [-0.05, 0) is 17.4 Å². The maximum absolute atomic E-state index is 12.0. The van der Waals surface area contributed by atoms with Gasteiger partial charge < -0.3 is 4.74 Å². The Balaban J connectivity index is 2.82. The van der Waals surface area contributed by atoms with Crippen LogP contribution < -0.4 is 0 Å². The van der Waals surface area contributed by atoms with Gasteiger partial charge in [0.15, 0.2) is 0 Å². The highest BCUT2D eigenvalue weighted by atomic mass is 19.4. The van der Waals surface area contributed by atoms with Crippen LogP contribution in [0.15, 0.2) is 0 Å². The summed E-state index contributed by atoms with van der Waals surface area (Å²) in [5.41, 5.74) is 0. The average Bonchev–Trinajstić information content (AvgIpc) is 2.49. The number of hydrogen-bond acceptors (Lipinski definition) is 5. The predicted molar refractivity (Wildman–Crippen MR) is 39.8 cm³/mol. The van der Waals surface area contributed by atoms with Gasteiger partial charge in [-0.3, -0.25) is 0 Å². The number of alkyl halides is 3. The summed E-state index contributed by atoms with van der Waals surface area (Å²) in [6.45, 7) is 0.141. The molecule has 0 amide bonds. The lowest BCUT2D eigenvalue weighted by molar-refractivity contribution is -0.143. The van der Waals surface area contributed by atoms with E-state index in [2.05, 4.69) is 20.3 Å². The summed E-state index contributed by atoms with van der Waals surface area (Å²) in [4.78, 5) is 11.1. The van der Waals surface area contributed by atoms with E-state index >= 15 is 0 Å². The van der Waals surface area contributed by atoms with Crippen LogP contribution in [0.2, 0.25) is 0 Å². The Morgan fingerprint density at radius 1 is 1.53 bits per heavy atom. The number of rotatable bonds is 3. The van der Waals surface area contributed by atoms with Crippen LogP contribution >= 0.6 is 0 Å². The average molecular weight is 224 g/mol. The molecule has 0 saturated carbocycles. The molecule has 15 heavy (non-hydrogen) atoms. The molecule has 6 nitrogen and oxygen atoms in total. The molecule has 0 N–H and O–H groups in total. The van der Waals surface area contributed by atoms with Gasteiger partial charge in [0.05, 0.1) is 6.61 Å². The lowest BCUT2D eigenvalue weighted by Gasteiger charge is -2.06. The third-order valence-corrected chi connectivity index (χ3v) is 1.32. The largest absolute Gasteiger partial charge is 0.460 e. The molecule has 84 valence electrons. The number of ether oxygens (including phenoxy) is 1. The molecule has 0 saturated heterocycles. The van der Waals surface area contributed by atoms with E-state index in [1.54, 1.807) is 0 Å². The van der Waals surface area contributed by atoms with Crippen LogP contribution in [0.4, 0.5) is 13.2 Å². The van der Waals surface area contributed by atoms with Crippen molar-refractivity contribution in [1.29, 1.82) is 0 Å². The molecule has 1 aromatic heterocycles. The first-order valence-electron chi connectivity index (χ1n) is 3.94. The van der Waals surface area contributed by atoms with E-state index in [0.717, 1.165) is 0 Å². The topological polar surface area (TPSA) is 69.9 Å². The zero-order chi connectivity index (χ0) is 11.5. The molecule has 0 unspecified atom stereocenters. The zero-order valence-corrected chi connectivity index (χ0v) is 7.65. The maximum atomic E-state index is 12.0. The Morgan fingerprint density at radius 3 is 2.73 bits per heavy atom. The number of nitrogens with zero attached hydrogens (tertiary/aromatic N) is 4. The van der Waals surface area contributed by atoms with Crippen molar-refractivity contribution in [1.82, 2.24) is 20.2 Å². The van der Waals surface area contributed by atoms with Gasteiger partial charge in [0.25, 0.3) is 5.82 Å². The number of esters is 1. The van der Waals surface area contributed by atoms with Crippen molar-refractivity contribution in [3.63, 3.8) is 0 Å². The van der Waals surface area contributed by atoms with Crippen molar-refractivity contribution >= 4 is 5.97 Å². The van der Waals surface area contributed by atoms with Crippen molar-refractivity contribution in [2.45, 2.75) is 19.6 Å². The number of carbonyl (C=O) groups is 1. The molecule has 1 aromatic rings. The molecule has 0 fully saturated rings. The number of carbonyl (C=O) groups excluding carboxylic acids is 1. The molecule has 0 aliphatic carbocycles. The summed E-state index contributed by atoms with van der Waals surface area (Å²) in [6.07, 6.45) is -4.49. The Kier molecular flexibility index (Phi) is 3.22. The minimum atomic E-state index is -4.49. The van der Waals surface area contributed by atoms with Crippen molar-refractivity contribution in [2.75, 3.05) is 6.61 Å². The molecular weight excluding hydrogens is 217 g/mol. The second-order valence-electron chi connectivity index (χ2n) is 2.50. The van der Waals surface area contributed by atoms with E-state index in [4.69, 9.17) is 0 Å². The van der Waals surface area contributed by atoms with Gasteiger partial charge in [-0.25, -0.2) is 9.48 Å². The third kappa shape index (κ3) is 3.18. The molecule has 0 radical (unpaired) electrons. The third-order valence-electron chi connectivity index (χ3n) is 1.32. The Hall–Kier alpha value is -1.67. The van der Waals surface area contributed by atoms with E-state index in [1.807, 2.05) is 0 Å². The molecule has 0 aliphatic heterocycles. The second-order valence-corrected chi connectivity index (χ2v) is 2.50. The number of hydrogen-bond donors (Lipinski definition) is 0. The number of halogens is 3. The van der Waals surface area contributed by atoms with Gasteiger partial charge in [0.2, 0.25) is 0 Å². The molecule has 9 heteroatoms. The lowest BCUT2D eigenvalue weighted by Crippen LogP contribution is -2.23. The highest BCUT2D eigenvalue weighted by Gasteiger charge is 2.31. The van der Waals surface area contributed by atoms with Crippen molar-refractivity contribution in [3.8, 4) is 0 Å². The normalized spacial score (nSPS) is 11.5. The van der Waals surface area contributed by atoms with Crippen LogP contribution in [0.5, 0.6) is 0 Å². The number of aromatic nitrogens is 4. The summed E-state index contributed by atoms with van der Waals surface area (Å²) in [7, 11) is 0. The van der Waals surface area contributed by atoms with E-state index in [9.17, 15) is 18.0 Å². The first-order chi connectivity index (χ1) is 6.94. The predicted octanol–water partition coefficient (Wildman–Crippen LogP) is 0.412. The number of tetrazole rings is 1. The summed E-state index contributed by atoms with van der Waals surface area (Å²) < 4.78 is 40.8. The van der Waals surface area contributed by atoms with Crippen LogP contribution in [-0.2, 0) is 11.3 Å². The molecule has 0 aromatic carbocycles. The Morgan fingerprint density at radius 2 is 2.20 bits per heavy atom. The van der Waals surface area contributed by atoms with Crippen molar-refractivity contribution in [3.05, 3.63) is 5.82 Å². The van der Waals surface area contributed by atoms with E-state index in [0.29, 0.717) is 4.68 Å². The van der Waals surface area contributed by atoms with E-state index < -0.39 is 24.5 Å². The molecule has 0 spiro atoms. The lowest BCUT2D eigenvalue weighted by atomic mass is 10.5. The highest BCUT2D eigenvalue weighted by molar-refractivity contribution is 5.85. The van der Waals surface area contributed by atoms with Gasteiger partial charge in [-0.2, -0.15) is 13.2 Å². The standard InChI is InChI=1S/C6H7F3N4O2/c1-2-15-5(14)4-10-11-12-13(4)3-6(7,8)9/h2-3H2,1H3. The smallest absolute Gasteiger partial charge is 0.408 e. The van der Waals surface area contributed by atoms with Crippen LogP contribution in [0.1, 0.15) is 17.5 Å². The second kappa shape index (κ2) is 4.24. The van der Waals surface area contributed by atoms with Gasteiger partial charge in [-0.15, -0.1) is 5.10 Å². The molecule has 0 bridgehead atoms. The maximum Gasteiger partial charge on any atom is 0.408 e. The summed E-state index contributed by atoms with van der Waals surface area (Å²) in [5.74, 6) is -1.54.